The predicted molar refractivity (Wildman–Crippen MR) is 131 cm³/mol. The van der Waals surface area contributed by atoms with E-state index < -0.39 is 0 Å². The lowest BCUT2D eigenvalue weighted by molar-refractivity contribution is -0.140. The van der Waals surface area contributed by atoms with Gasteiger partial charge in [-0.05, 0) is 57.6 Å². The largest absolute Gasteiger partial charge is 0.462 e. The Hall–Kier alpha value is -2.96. The van der Waals surface area contributed by atoms with Crippen LogP contribution in [0, 0.1) is 5.92 Å². The Morgan fingerprint density at radius 3 is 1.94 bits per heavy atom. The molecular formula is C26H39NO6. The molecule has 0 N–H and O–H groups in total. The highest BCUT2D eigenvalue weighted by Crippen LogP contribution is 2.35. The molecule has 0 aliphatic carbocycles. The number of hydrogen-bond acceptors (Lipinski definition) is 7. The highest BCUT2D eigenvalue weighted by molar-refractivity contribution is 5.87. The van der Waals surface area contributed by atoms with Crippen LogP contribution in [0.5, 0.6) is 11.5 Å². The quantitative estimate of drug-likeness (QED) is 0.238. The normalized spacial score (nSPS) is 11.3. The van der Waals surface area contributed by atoms with Gasteiger partial charge in [-0.25, -0.2) is 9.59 Å². The summed E-state index contributed by atoms with van der Waals surface area (Å²) in [5, 5.41) is 0. The fraction of sp³-hybridized carbons (Fsp3) is 0.538. The molecule has 1 aromatic rings. The smallest absolute Gasteiger partial charge is 0.333 e. The highest BCUT2D eigenvalue weighted by Gasteiger charge is 2.14. The van der Waals surface area contributed by atoms with Crippen LogP contribution in [0.2, 0.25) is 0 Å². The molecule has 1 aliphatic heterocycles. The van der Waals surface area contributed by atoms with Crippen LogP contribution in [0.25, 0.3) is 0 Å². The van der Waals surface area contributed by atoms with Crippen LogP contribution in [0.15, 0.2) is 42.5 Å². The van der Waals surface area contributed by atoms with Gasteiger partial charge in [0, 0.05) is 36.5 Å². The van der Waals surface area contributed by atoms with Crippen molar-refractivity contribution in [3.05, 3.63) is 42.5 Å². The van der Waals surface area contributed by atoms with E-state index in [2.05, 4.69) is 45.0 Å². The zero-order valence-electron chi connectivity index (χ0n) is 20.8. The molecule has 0 fully saturated rings. The van der Waals surface area contributed by atoms with Crippen LogP contribution >= 0.6 is 0 Å². The van der Waals surface area contributed by atoms with E-state index in [0.29, 0.717) is 37.1 Å². The molecular weight excluding hydrogens is 422 g/mol. The third kappa shape index (κ3) is 11.5. The zero-order valence-corrected chi connectivity index (χ0v) is 20.8. The molecule has 7 heteroatoms. The van der Waals surface area contributed by atoms with E-state index in [1.165, 1.54) is 5.69 Å². The maximum absolute atomic E-state index is 11.0. The first-order chi connectivity index (χ1) is 15.6. The van der Waals surface area contributed by atoms with Gasteiger partial charge < -0.3 is 23.8 Å². The molecule has 33 heavy (non-hydrogen) atoms. The summed E-state index contributed by atoms with van der Waals surface area (Å²) < 4.78 is 20.5. The average Bonchev–Trinajstić information content (AvgIpc) is 3.23. The first kappa shape index (κ1) is 28.1. The molecule has 0 atom stereocenters. The Balaban J connectivity index is 0.000000334. The van der Waals surface area contributed by atoms with Crippen molar-refractivity contribution in [3.8, 4) is 11.5 Å². The fourth-order valence-electron chi connectivity index (χ4n) is 2.91. The lowest BCUT2D eigenvalue weighted by Gasteiger charge is -2.21. The van der Waals surface area contributed by atoms with E-state index in [-0.39, 0.29) is 11.9 Å². The predicted octanol–water partition coefficient (Wildman–Crippen LogP) is 5.29. The van der Waals surface area contributed by atoms with Crippen LogP contribution in [-0.2, 0) is 19.1 Å². The summed E-state index contributed by atoms with van der Waals surface area (Å²) >= 11 is 0. The number of rotatable bonds is 12. The van der Waals surface area contributed by atoms with Gasteiger partial charge in [-0.2, -0.15) is 0 Å². The van der Waals surface area contributed by atoms with Gasteiger partial charge in [0.15, 0.2) is 11.5 Å². The van der Waals surface area contributed by atoms with E-state index in [9.17, 15) is 9.59 Å². The van der Waals surface area contributed by atoms with E-state index >= 15 is 0 Å². The van der Waals surface area contributed by atoms with Crippen molar-refractivity contribution in [2.75, 3.05) is 38.5 Å². The summed E-state index contributed by atoms with van der Waals surface area (Å²) in [4.78, 5) is 24.3. The minimum atomic E-state index is -0.342. The molecule has 0 amide bonds. The maximum Gasteiger partial charge on any atom is 0.333 e. The Bertz CT molecular complexity index is 770. The second-order valence-electron chi connectivity index (χ2n) is 8.56. The molecule has 0 aromatic heterocycles. The number of benzene rings is 1. The van der Waals surface area contributed by atoms with Crippen molar-refractivity contribution in [2.24, 2.45) is 5.92 Å². The third-order valence-electron chi connectivity index (χ3n) is 4.64. The summed E-state index contributed by atoms with van der Waals surface area (Å²) in [7, 11) is 2.09. The van der Waals surface area contributed by atoms with Crippen molar-refractivity contribution in [1.82, 2.24) is 0 Å². The van der Waals surface area contributed by atoms with Crippen molar-refractivity contribution in [3.63, 3.8) is 0 Å². The summed E-state index contributed by atoms with van der Waals surface area (Å²) in [5.74, 6) is 1.66. The highest BCUT2D eigenvalue weighted by atomic mass is 16.7. The van der Waals surface area contributed by atoms with E-state index in [0.717, 1.165) is 43.7 Å². The molecule has 0 radical (unpaired) electrons. The maximum atomic E-state index is 11.0. The van der Waals surface area contributed by atoms with Gasteiger partial charge in [-0.1, -0.05) is 27.0 Å². The van der Waals surface area contributed by atoms with Gasteiger partial charge in [0.25, 0.3) is 0 Å². The molecule has 184 valence electrons. The summed E-state index contributed by atoms with van der Waals surface area (Å²) in [5.41, 5.74) is 2.01. The van der Waals surface area contributed by atoms with Crippen LogP contribution in [0.4, 0.5) is 5.69 Å². The SMILES string of the molecule is C=C(C)C(=O)OCCCCCCOC(=O)C(=C)C.CC(C)CN(C)c1ccc2c(c1)OCO2. The van der Waals surface area contributed by atoms with Gasteiger partial charge in [-0.3, -0.25) is 0 Å². The van der Waals surface area contributed by atoms with Crippen molar-refractivity contribution in [1.29, 1.82) is 0 Å². The standard InChI is InChI=1S/C14H22O4.C12H17NO2/c1-11(2)13(15)17-9-7-5-6-8-10-18-14(16)12(3)4;1-9(2)7-13(3)10-4-5-11-12(6-10)15-8-14-11/h1,3,5-10H2,2,4H3;4-6,9H,7-8H2,1-3H3. The second-order valence-corrected chi connectivity index (χ2v) is 8.56. The molecule has 1 aliphatic rings. The number of hydrogen-bond donors (Lipinski definition) is 0. The Labute approximate surface area is 198 Å². The number of carbonyl (C=O) groups excluding carboxylic acids is 2. The van der Waals surface area contributed by atoms with Gasteiger partial charge in [0.1, 0.15) is 0 Å². The third-order valence-corrected chi connectivity index (χ3v) is 4.64. The van der Waals surface area contributed by atoms with Crippen molar-refractivity contribution < 1.29 is 28.5 Å². The van der Waals surface area contributed by atoms with E-state index in [1.54, 1.807) is 13.8 Å². The van der Waals surface area contributed by atoms with Crippen LogP contribution in [0.1, 0.15) is 53.4 Å². The molecule has 2 rings (SSSR count). The van der Waals surface area contributed by atoms with Crippen molar-refractivity contribution in [2.45, 2.75) is 53.4 Å². The lowest BCUT2D eigenvalue weighted by Crippen LogP contribution is -2.22. The van der Waals surface area contributed by atoms with E-state index in [4.69, 9.17) is 18.9 Å². The van der Waals surface area contributed by atoms with E-state index in [1.807, 2.05) is 12.1 Å². The summed E-state index contributed by atoms with van der Waals surface area (Å²) in [6.45, 7) is 16.9. The zero-order chi connectivity index (χ0) is 24.8. The van der Waals surface area contributed by atoms with Gasteiger partial charge in [-0.15, -0.1) is 0 Å². The Kier molecular flexibility index (Phi) is 12.7. The fourth-order valence-corrected chi connectivity index (χ4v) is 2.91. The minimum absolute atomic E-state index is 0.340. The first-order valence-corrected chi connectivity index (χ1v) is 11.4. The Morgan fingerprint density at radius 1 is 0.939 bits per heavy atom. The molecule has 1 heterocycles. The molecule has 1 aromatic carbocycles. The van der Waals surface area contributed by atoms with Gasteiger partial charge >= 0.3 is 11.9 Å². The average molecular weight is 462 g/mol. The molecule has 0 unspecified atom stereocenters. The number of carbonyl (C=O) groups is 2. The number of nitrogens with zero attached hydrogens (tertiary/aromatic N) is 1. The molecule has 0 spiro atoms. The van der Waals surface area contributed by atoms with Crippen molar-refractivity contribution >= 4 is 17.6 Å². The molecule has 0 saturated carbocycles. The molecule has 0 saturated heterocycles. The summed E-state index contributed by atoms with van der Waals surface area (Å²) in [6.07, 6.45) is 3.50. The lowest BCUT2D eigenvalue weighted by atomic mass is 10.2. The number of ether oxygens (including phenoxy) is 4. The monoisotopic (exact) mass is 461 g/mol. The van der Waals surface area contributed by atoms with Gasteiger partial charge in [0.05, 0.1) is 13.2 Å². The van der Waals surface area contributed by atoms with Crippen LogP contribution in [-0.4, -0.2) is 45.5 Å². The Morgan fingerprint density at radius 2 is 1.45 bits per heavy atom. The second kappa shape index (κ2) is 15.0. The number of unbranched alkanes of at least 4 members (excludes halogenated alkanes) is 3. The van der Waals surface area contributed by atoms with Crippen LogP contribution < -0.4 is 14.4 Å². The topological polar surface area (TPSA) is 74.3 Å². The van der Waals surface area contributed by atoms with Crippen LogP contribution in [0.3, 0.4) is 0 Å². The summed E-state index contributed by atoms with van der Waals surface area (Å²) in [6, 6.07) is 6.06. The number of esters is 2. The first-order valence-electron chi connectivity index (χ1n) is 11.4. The molecule has 0 bridgehead atoms. The van der Waals surface area contributed by atoms with Gasteiger partial charge in [0.2, 0.25) is 6.79 Å². The molecule has 7 nitrogen and oxygen atoms in total. The number of anilines is 1. The minimum Gasteiger partial charge on any atom is -0.462 e. The number of fused-ring (bicyclic) bond motifs is 1.